The number of rotatable bonds is 8. The highest BCUT2D eigenvalue weighted by Crippen LogP contribution is 2.32. The van der Waals surface area contributed by atoms with Crippen LogP contribution in [0.1, 0.15) is 68.3 Å². The van der Waals surface area contributed by atoms with Crippen molar-refractivity contribution in [2.24, 2.45) is 10.7 Å². The van der Waals surface area contributed by atoms with Gasteiger partial charge in [0.15, 0.2) is 0 Å². The zero-order valence-electron chi connectivity index (χ0n) is 20.9. The van der Waals surface area contributed by atoms with Crippen molar-refractivity contribution in [3.05, 3.63) is 59.2 Å². The number of carbonyl (C=O) groups is 2. The third kappa shape index (κ3) is 5.81. The van der Waals surface area contributed by atoms with Gasteiger partial charge in [0.25, 0.3) is 5.91 Å². The van der Waals surface area contributed by atoms with E-state index in [-0.39, 0.29) is 11.8 Å². The molecule has 0 saturated carbocycles. The number of hydrogen-bond donors (Lipinski definition) is 1. The molecule has 0 bridgehead atoms. The highest BCUT2D eigenvalue weighted by Gasteiger charge is 2.22. The van der Waals surface area contributed by atoms with Gasteiger partial charge in [0.05, 0.1) is 5.69 Å². The van der Waals surface area contributed by atoms with E-state index in [2.05, 4.69) is 18.8 Å². The summed E-state index contributed by atoms with van der Waals surface area (Å²) in [6.07, 6.45) is 7.42. The highest BCUT2D eigenvalue weighted by atomic mass is 16.2. The number of benzene rings is 2. The second-order valence-electron chi connectivity index (χ2n) is 9.45. The zero-order chi connectivity index (χ0) is 24.8. The molecule has 0 atom stereocenters. The van der Waals surface area contributed by atoms with Gasteiger partial charge in [-0.25, -0.2) is 4.99 Å². The summed E-state index contributed by atoms with van der Waals surface area (Å²) in [5.41, 5.74) is 11.3. The van der Waals surface area contributed by atoms with E-state index in [4.69, 9.17) is 5.73 Å². The first-order valence-corrected chi connectivity index (χ1v) is 12.9. The molecule has 2 N–H and O–H groups in total. The van der Waals surface area contributed by atoms with Crippen LogP contribution in [-0.4, -0.2) is 53.6 Å². The summed E-state index contributed by atoms with van der Waals surface area (Å²) in [4.78, 5) is 34.4. The maximum atomic E-state index is 13.3. The minimum Gasteiger partial charge on any atom is -0.387 e. The van der Waals surface area contributed by atoms with E-state index in [1.165, 1.54) is 0 Å². The van der Waals surface area contributed by atoms with Crippen LogP contribution < -0.4 is 5.73 Å². The van der Waals surface area contributed by atoms with E-state index in [1.54, 1.807) is 0 Å². The van der Waals surface area contributed by atoms with Crippen LogP contribution in [0.2, 0.25) is 0 Å². The van der Waals surface area contributed by atoms with Crippen LogP contribution in [0.25, 0.3) is 17.2 Å². The van der Waals surface area contributed by atoms with Crippen LogP contribution in [0.4, 0.5) is 5.69 Å². The average molecular weight is 473 g/mol. The Bertz CT molecular complexity index is 1130. The molecule has 2 aliphatic heterocycles. The molecule has 1 fully saturated rings. The molecule has 6 nitrogen and oxygen atoms in total. The predicted molar refractivity (Wildman–Crippen MR) is 143 cm³/mol. The minimum absolute atomic E-state index is 0.0497. The Hall–Kier alpha value is -3.41. The fraction of sp³-hybridized carbons (Fsp3) is 0.414. The van der Waals surface area contributed by atoms with Crippen molar-refractivity contribution in [2.75, 3.05) is 26.2 Å². The van der Waals surface area contributed by atoms with Gasteiger partial charge in [-0.1, -0.05) is 44.5 Å². The van der Waals surface area contributed by atoms with Gasteiger partial charge >= 0.3 is 0 Å². The lowest BCUT2D eigenvalue weighted by molar-refractivity contribution is -0.127. The largest absolute Gasteiger partial charge is 0.387 e. The van der Waals surface area contributed by atoms with E-state index in [1.807, 2.05) is 58.3 Å². The monoisotopic (exact) mass is 472 g/mol. The molecule has 2 amide bonds. The molecular formula is C29H36N4O2. The Morgan fingerprint density at radius 3 is 2.37 bits per heavy atom. The molecule has 2 aromatic carbocycles. The Kier molecular flexibility index (Phi) is 8.01. The summed E-state index contributed by atoms with van der Waals surface area (Å²) in [7, 11) is 0. The standard InChI is InChI=1S/C29H36N4O2/c1-3-5-15-32(14-4-2)29(35)25-18-24-13-12-23(19-26(24)31-27(30)20-25)21-8-10-22(11-9-21)28(34)33-16-6-7-17-33/h8-13,18-19H,3-7,14-17,20H2,1-2H3,(H2,30,31). The average Bonchev–Trinajstić information content (AvgIpc) is 3.35. The number of unbranched alkanes of at least 4 members (excludes halogenated alkanes) is 1. The molecule has 2 aliphatic rings. The van der Waals surface area contributed by atoms with Gasteiger partial charge in [0.2, 0.25) is 5.91 Å². The molecule has 0 spiro atoms. The topological polar surface area (TPSA) is 79.0 Å². The number of carbonyl (C=O) groups excluding carboxylic acids is 2. The first-order valence-electron chi connectivity index (χ1n) is 12.9. The van der Waals surface area contributed by atoms with E-state index < -0.39 is 0 Å². The fourth-order valence-electron chi connectivity index (χ4n) is 4.75. The maximum absolute atomic E-state index is 13.3. The van der Waals surface area contributed by atoms with Gasteiger partial charge in [0.1, 0.15) is 5.84 Å². The molecule has 1 saturated heterocycles. The number of nitrogens with two attached hydrogens (primary N) is 1. The lowest BCUT2D eigenvalue weighted by Gasteiger charge is -2.23. The number of amidine groups is 1. The minimum atomic E-state index is 0.0497. The number of hydrogen-bond acceptors (Lipinski definition) is 4. The van der Waals surface area contributed by atoms with Crippen molar-refractivity contribution < 1.29 is 9.59 Å². The second-order valence-corrected chi connectivity index (χ2v) is 9.45. The van der Waals surface area contributed by atoms with Crippen LogP contribution in [0, 0.1) is 0 Å². The Morgan fingerprint density at radius 2 is 1.69 bits per heavy atom. The smallest absolute Gasteiger partial charge is 0.253 e. The molecule has 0 radical (unpaired) electrons. The Labute approximate surface area is 208 Å². The van der Waals surface area contributed by atoms with Gasteiger partial charge in [-0.2, -0.15) is 0 Å². The Balaban J connectivity index is 1.57. The van der Waals surface area contributed by atoms with E-state index in [9.17, 15) is 9.59 Å². The van der Waals surface area contributed by atoms with Crippen molar-refractivity contribution in [3.8, 4) is 11.1 Å². The SMILES string of the molecule is CCCCN(CCC)C(=O)C1=Cc2ccc(-c3ccc(C(=O)N4CCCC4)cc3)cc2N=C(N)C1. The maximum Gasteiger partial charge on any atom is 0.253 e. The van der Waals surface area contributed by atoms with Crippen molar-refractivity contribution >= 4 is 29.4 Å². The quantitative estimate of drug-likeness (QED) is 0.558. The van der Waals surface area contributed by atoms with E-state index >= 15 is 0 Å². The summed E-state index contributed by atoms with van der Waals surface area (Å²) in [5.74, 6) is 0.597. The molecule has 184 valence electrons. The van der Waals surface area contributed by atoms with Crippen LogP contribution in [0.3, 0.4) is 0 Å². The van der Waals surface area contributed by atoms with Gasteiger partial charge in [-0.3, -0.25) is 9.59 Å². The molecule has 0 aliphatic carbocycles. The van der Waals surface area contributed by atoms with Crippen molar-refractivity contribution in [2.45, 2.75) is 52.4 Å². The van der Waals surface area contributed by atoms with E-state index in [0.717, 1.165) is 86.2 Å². The molecule has 0 unspecified atom stereocenters. The number of likely N-dealkylation sites (tertiary alicyclic amines) is 1. The fourth-order valence-corrected chi connectivity index (χ4v) is 4.75. The molecular weight excluding hydrogens is 436 g/mol. The van der Waals surface area contributed by atoms with Gasteiger partial charge in [-0.15, -0.1) is 0 Å². The summed E-state index contributed by atoms with van der Waals surface area (Å²) in [5, 5.41) is 0. The Morgan fingerprint density at radius 1 is 0.971 bits per heavy atom. The zero-order valence-corrected chi connectivity index (χ0v) is 20.9. The first-order chi connectivity index (χ1) is 17.0. The molecule has 35 heavy (non-hydrogen) atoms. The van der Waals surface area contributed by atoms with Gasteiger partial charge < -0.3 is 15.5 Å². The van der Waals surface area contributed by atoms with Crippen molar-refractivity contribution in [1.82, 2.24) is 9.80 Å². The van der Waals surface area contributed by atoms with Crippen molar-refractivity contribution in [3.63, 3.8) is 0 Å². The van der Waals surface area contributed by atoms with Gasteiger partial charge in [0, 0.05) is 49.3 Å². The number of aliphatic imine (C=N–C) groups is 1. The predicted octanol–water partition coefficient (Wildman–Crippen LogP) is 5.40. The van der Waals surface area contributed by atoms with Crippen LogP contribution in [0.15, 0.2) is 53.0 Å². The number of fused-ring (bicyclic) bond motifs is 1. The van der Waals surface area contributed by atoms with Crippen LogP contribution >= 0.6 is 0 Å². The van der Waals surface area contributed by atoms with Crippen LogP contribution in [0.5, 0.6) is 0 Å². The molecule has 2 heterocycles. The third-order valence-electron chi connectivity index (χ3n) is 6.69. The molecule has 2 aromatic rings. The lowest BCUT2D eigenvalue weighted by atomic mass is 9.99. The van der Waals surface area contributed by atoms with E-state index in [0.29, 0.717) is 17.8 Å². The normalized spacial score (nSPS) is 15.2. The molecule has 4 rings (SSSR count). The van der Waals surface area contributed by atoms with Gasteiger partial charge in [-0.05, 0) is 61.1 Å². The molecule has 0 aromatic heterocycles. The summed E-state index contributed by atoms with van der Waals surface area (Å²) in [6.45, 7) is 7.43. The van der Waals surface area contributed by atoms with Crippen molar-refractivity contribution in [1.29, 1.82) is 0 Å². The summed E-state index contributed by atoms with van der Waals surface area (Å²) >= 11 is 0. The number of nitrogens with zero attached hydrogens (tertiary/aromatic N) is 3. The lowest BCUT2D eigenvalue weighted by Crippen LogP contribution is -2.34. The summed E-state index contributed by atoms with van der Waals surface area (Å²) < 4.78 is 0. The highest BCUT2D eigenvalue weighted by molar-refractivity contribution is 6.05. The third-order valence-corrected chi connectivity index (χ3v) is 6.69. The number of amides is 2. The van der Waals surface area contributed by atoms with Crippen LogP contribution in [-0.2, 0) is 4.79 Å². The summed E-state index contributed by atoms with van der Waals surface area (Å²) in [6, 6.07) is 13.8. The molecule has 6 heteroatoms. The first kappa shape index (κ1) is 24.7. The second kappa shape index (κ2) is 11.3.